The van der Waals surface area contributed by atoms with Crippen molar-refractivity contribution in [1.29, 1.82) is 0 Å². The Hall–Kier alpha value is -4.97. The summed E-state index contributed by atoms with van der Waals surface area (Å²) >= 11 is 0. The minimum absolute atomic E-state index is 0.0283. The lowest BCUT2D eigenvalue weighted by Gasteiger charge is -2.52. The number of aliphatic hydroxyl groups excluding tert-OH is 2. The van der Waals surface area contributed by atoms with Crippen molar-refractivity contribution in [2.45, 2.75) is 134 Å². The Balaban J connectivity index is 0.000000318. The summed E-state index contributed by atoms with van der Waals surface area (Å²) in [6, 6.07) is 15.9. The fourth-order valence-corrected chi connectivity index (χ4v) is 10.8. The quantitative estimate of drug-likeness (QED) is 0.0694. The number of aliphatic hydroxyl groups is 3. The molecule has 3 fully saturated rings. The summed E-state index contributed by atoms with van der Waals surface area (Å²) in [5, 5.41) is 33.7. The third-order valence-electron chi connectivity index (χ3n) is 14.4. The van der Waals surface area contributed by atoms with Gasteiger partial charge in [-0.15, -0.1) is 0 Å². The molecular weight excluding hydrogens is 811 g/mol. The van der Waals surface area contributed by atoms with Crippen LogP contribution in [0, 0.1) is 29.1 Å². The number of unbranched alkanes of at least 4 members (excludes halogenated alkanes) is 1. The monoisotopic (exact) mass is 877 g/mol. The van der Waals surface area contributed by atoms with E-state index in [2.05, 4.69) is 37.0 Å². The number of rotatable bonds is 17. The number of carbonyl (C=O) groups excluding carboxylic acids is 5. The first-order chi connectivity index (χ1) is 30.7. The Bertz CT molecular complexity index is 2070. The number of fused-ring (bicyclic) bond motifs is 5. The highest BCUT2D eigenvalue weighted by molar-refractivity contribution is 5.95. The van der Waals surface area contributed by atoms with Crippen LogP contribution in [0.25, 0.3) is 0 Å². The Morgan fingerprint density at radius 3 is 2.38 bits per heavy atom. The van der Waals surface area contributed by atoms with Gasteiger partial charge in [-0.25, -0.2) is 9.59 Å². The lowest BCUT2D eigenvalue weighted by Crippen LogP contribution is -2.51. The van der Waals surface area contributed by atoms with Gasteiger partial charge in [0, 0.05) is 24.8 Å². The molecule has 0 aromatic heterocycles. The van der Waals surface area contributed by atoms with Gasteiger partial charge < -0.3 is 30.1 Å². The zero-order valence-electron chi connectivity index (χ0n) is 37.6. The predicted octanol–water partition coefficient (Wildman–Crippen LogP) is 7.92. The Morgan fingerprint density at radius 1 is 0.953 bits per heavy atom. The molecule has 1 amide bonds. The van der Waals surface area contributed by atoms with Crippen molar-refractivity contribution in [2.75, 3.05) is 13.2 Å². The van der Waals surface area contributed by atoms with Crippen LogP contribution in [0.2, 0.25) is 0 Å². The van der Waals surface area contributed by atoms with Gasteiger partial charge in [0.1, 0.15) is 6.10 Å². The average Bonchev–Trinajstić information content (AvgIpc) is 3.82. The summed E-state index contributed by atoms with van der Waals surface area (Å²) in [5.74, 6) is -1.39. The molecule has 0 bridgehead atoms. The Labute approximate surface area is 378 Å². The zero-order valence-corrected chi connectivity index (χ0v) is 37.6. The predicted molar refractivity (Wildman–Crippen MR) is 244 cm³/mol. The Morgan fingerprint density at radius 2 is 1.69 bits per heavy atom. The smallest absolute Gasteiger partial charge is 0.338 e. The van der Waals surface area contributed by atoms with Crippen LogP contribution in [0.15, 0.2) is 103 Å². The summed E-state index contributed by atoms with van der Waals surface area (Å²) in [6.07, 6.45) is 19.0. The van der Waals surface area contributed by atoms with Gasteiger partial charge in [0.15, 0.2) is 18.2 Å². The van der Waals surface area contributed by atoms with Crippen molar-refractivity contribution in [3.63, 3.8) is 0 Å². The number of benzene rings is 2. The minimum atomic E-state index is -1.16. The first kappa shape index (κ1) is 48.5. The van der Waals surface area contributed by atoms with E-state index >= 15 is 0 Å². The van der Waals surface area contributed by atoms with Crippen molar-refractivity contribution in [1.82, 2.24) is 5.32 Å². The van der Waals surface area contributed by atoms with Crippen molar-refractivity contribution in [3.8, 4) is 0 Å². The number of ketones is 2. The molecule has 0 radical (unpaired) electrons. The molecule has 5 aliphatic carbocycles. The summed E-state index contributed by atoms with van der Waals surface area (Å²) < 4.78 is 11.0. The van der Waals surface area contributed by atoms with Crippen LogP contribution < -0.4 is 5.32 Å². The van der Waals surface area contributed by atoms with Crippen molar-refractivity contribution >= 4 is 29.4 Å². The molecular formula is C53H67NO10. The number of nitrogens with one attached hydrogen (secondary N) is 1. The van der Waals surface area contributed by atoms with Gasteiger partial charge in [-0.3, -0.25) is 14.4 Å². The first-order valence-corrected chi connectivity index (χ1v) is 23.4. The van der Waals surface area contributed by atoms with Crippen molar-refractivity contribution in [3.05, 3.63) is 119 Å². The molecule has 5 aliphatic rings. The van der Waals surface area contributed by atoms with Gasteiger partial charge in [0.05, 0.1) is 34.9 Å². The third-order valence-corrected chi connectivity index (χ3v) is 14.4. The second kappa shape index (κ2) is 22.3. The van der Waals surface area contributed by atoms with E-state index in [9.17, 15) is 39.3 Å². The average molecular weight is 878 g/mol. The first-order valence-electron chi connectivity index (χ1n) is 23.4. The number of hydrogen-bond donors (Lipinski definition) is 4. The second-order valence-corrected chi connectivity index (χ2v) is 18.5. The van der Waals surface area contributed by atoms with Crippen molar-refractivity contribution in [2.24, 2.45) is 29.1 Å². The molecule has 11 heteroatoms. The molecule has 3 saturated carbocycles. The van der Waals surface area contributed by atoms with E-state index in [0.29, 0.717) is 57.1 Å². The number of amides is 1. The van der Waals surface area contributed by atoms with Gasteiger partial charge in [-0.2, -0.15) is 0 Å². The fraction of sp³-hybridized carbons (Fsp3) is 0.528. The summed E-state index contributed by atoms with van der Waals surface area (Å²) in [7, 11) is 0. The number of Topliss-reactive ketones (excluding diaryl/α,β-unsaturated/α-hetero) is 1. The molecule has 0 aliphatic heterocycles. The highest BCUT2D eigenvalue weighted by atomic mass is 16.5. The molecule has 0 heterocycles. The number of hydrogen-bond acceptors (Lipinski definition) is 10. The number of carbonyl (C=O) groups is 5. The zero-order chi connectivity index (χ0) is 45.9. The molecule has 9 unspecified atom stereocenters. The lowest BCUT2D eigenvalue weighted by molar-refractivity contribution is -0.137. The molecule has 64 heavy (non-hydrogen) atoms. The van der Waals surface area contributed by atoms with E-state index in [1.54, 1.807) is 6.08 Å². The second-order valence-electron chi connectivity index (χ2n) is 18.5. The maximum Gasteiger partial charge on any atom is 0.338 e. The van der Waals surface area contributed by atoms with E-state index in [1.165, 1.54) is 35.4 Å². The minimum Gasteiger partial charge on any atom is -0.455 e. The molecule has 0 saturated heterocycles. The van der Waals surface area contributed by atoms with Crippen LogP contribution in [-0.4, -0.2) is 81.8 Å². The normalized spacial score (nSPS) is 28.5. The lowest BCUT2D eigenvalue weighted by atomic mass is 9.53. The fourth-order valence-electron chi connectivity index (χ4n) is 10.8. The maximum atomic E-state index is 13.4. The van der Waals surface area contributed by atoms with Gasteiger partial charge in [-0.05, 0) is 144 Å². The third kappa shape index (κ3) is 11.8. The van der Waals surface area contributed by atoms with E-state index in [4.69, 9.17) is 9.47 Å². The van der Waals surface area contributed by atoms with E-state index in [-0.39, 0.29) is 58.4 Å². The largest absolute Gasteiger partial charge is 0.455 e. The molecule has 2 aromatic carbocycles. The van der Waals surface area contributed by atoms with Gasteiger partial charge in [-0.1, -0.05) is 79.3 Å². The van der Waals surface area contributed by atoms with E-state index < -0.39 is 36.2 Å². The van der Waals surface area contributed by atoms with E-state index in [0.717, 1.165) is 56.9 Å². The highest BCUT2D eigenvalue weighted by Gasteiger charge is 2.59. The number of ether oxygens (including phenoxy) is 2. The SMILES string of the molecule is C=CC(CCc1ccccc1)OC(=O)c1ccc(C(=O)OCC(=O)C2CCC3C4CCC5=CC(=O)CCC5(C)C4=CCC23O)cc1.CCNC(=O)CCC/C=C\CC1CC(O)CC1O. The number of esters is 2. The van der Waals surface area contributed by atoms with Crippen LogP contribution >= 0.6 is 0 Å². The topological polar surface area (TPSA) is 177 Å². The Kier molecular flexibility index (Phi) is 16.9. The highest BCUT2D eigenvalue weighted by Crippen LogP contribution is 2.61. The van der Waals surface area contributed by atoms with Crippen LogP contribution in [0.3, 0.4) is 0 Å². The number of allylic oxidation sites excluding steroid dienone is 5. The molecule has 11 nitrogen and oxygen atoms in total. The van der Waals surface area contributed by atoms with Crippen LogP contribution in [0.5, 0.6) is 0 Å². The van der Waals surface area contributed by atoms with Crippen molar-refractivity contribution < 1.29 is 48.8 Å². The maximum absolute atomic E-state index is 13.4. The standard InChI is InChI=1S/C39H42O7.C14H25NO3/c1-3-30(15-9-25-7-5-4-6-8-25)46-37(43)27-12-10-26(11-13-27)36(42)45-24-35(41)34-18-17-33-31-16-14-28-23-29(40)19-21-38(28,2)32(31)20-22-39(33,34)44;1-2-15-14(18)8-6-4-3-5-7-11-9-12(16)10-13(11)17/h3-8,10-13,20,23,30-31,33-34,44H,1,9,14-19,21-22,24H2,2H3;3,5,11-13,16-17H,2,4,6-10H2,1H3,(H,15,18)/b;5-3-. The van der Waals surface area contributed by atoms with Crippen LogP contribution in [0.4, 0.5) is 0 Å². The molecule has 7 rings (SSSR count). The summed E-state index contributed by atoms with van der Waals surface area (Å²) in [6.45, 7) is 8.20. The van der Waals surface area contributed by atoms with Gasteiger partial charge in [0.25, 0.3) is 0 Å². The van der Waals surface area contributed by atoms with E-state index in [1.807, 2.05) is 43.3 Å². The molecule has 2 aromatic rings. The van der Waals surface area contributed by atoms with Crippen LogP contribution in [0.1, 0.15) is 130 Å². The summed E-state index contributed by atoms with van der Waals surface area (Å²) in [5.41, 5.74) is 2.89. The molecule has 344 valence electrons. The van der Waals surface area contributed by atoms with Gasteiger partial charge >= 0.3 is 11.9 Å². The molecule has 9 atom stereocenters. The molecule has 4 N–H and O–H groups in total. The van der Waals surface area contributed by atoms with Gasteiger partial charge in [0.2, 0.25) is 5.91 Å². The van der Waals surface area contributed by atoms with Crippen LogP contribution in [-0.2, 0) is 30.3 Å². The summed E-state index contributed by atoms with van der Waals surface area (Å²) in [4.78, 5) is 62.2. The number of aryl methyl sites for hydroxylation is 1. The molecule has 0 spiro atoms.